The highest BCUT2D eigenvalue weighted by molar-refractivity contribution is 6.00. The van der Waals surface area contributed by atoms with E-state index in [2.05, 4.69) is 5.32 Å². The van der Waals surface area contributed by atoms with E-state index < -0.39 is 5.41 Å². The Kier molecular flexibility index (Phi) is 5.58. The Balaban J connectivity index is 1.75. The van der Waals surface area contributed by atoms with Gasteiger partial charge in [0.05, 0.1) is 24.6 Å². The maximum atomic E-state index is 12.7. The molecule has 1 N–H and O–H groups in total. The number of methoxy groups -OCH3 is 1. The molecule has 2 amide bonds. The van der Waals surface area contributed by atoms with Crippen LogP contribution < -0.4 is 19.7 Å². The molecule has 0 bridgehead atoms. The van der Waals surface area contributed by atoms with Gasteiger partial charge in [-0.25, -0.2) is 0 Å². The largest absolute Gasteiger partial charge is 0.497 e. The van der Waals surface area contributed by atoms with E-state index in [0.717, 1.165) is 17.0 Å². The summed E-state index contributed by atoms with van der Waals surface area (Å²) < 4.78 is 11.0. The van der Waals surface area contributed by atoms with Crippen LogP contribution in [0.15, 0.2) is 42.5 Å². The van der Waals surface area contributed by atoms with Crippen LogP contribution in [0.2, 0.25) is 0 Å². The van der Waals surface area contributed by atoms with E-state index in [0.29, 0.717) is 24.6 Å². The van der Waals surface area contributed by atoms with Gasteiger partial charge in [-0.05, 0) is 50.6 Å². The van der Waals surface area contributed by atoms with Gasteiger partial charge in [-0.3, -0.25) is 9.59 Å². The number of nitrogens with zero attached hydrogens (tertiary/aromatic N) is 1. The van der Waals surface area contributed by atoms with Gasteiger partial charge >= 0.3 is 0 Å². The molecule has 3 rings (SSSR count). The van der Waals surface area contributed by atoms with E-state index in [-0.39, 0.29) is 18.2 Å². The minimum absolute atomic E-state index is 0.0324. The minimum atomic E-state index is -0.604. The van der Waals surface area contributed by atoms with Crippen molar-refractivity contribution in [2.45, 2.75) is 27.2 Å². The van der Waals surface area contributed by atoms with Crippen molar-refractivity contribution in [3.63, 3.8) is 0 Å². The Morgan fingerprint density at radius 2 is 1.93 bits per heavy atom. The Labute approximate surface area is 165 Å². The Morgan fingerprint density at radius 3 is 2.57 bits per heavy atom. The second kappa shape index (κ2) is 7.92. The van der Waals surface area contributed by atoms with Crippen molar-refractivity contribution in [2.75, 3.05) is 30.5 Å². The summed E-state index contributed by atoms with van der Waals surface area (Å²) in [5, 5.41) is 2.90. The molecule has 0 radical (unpaired) electrons. The molecule has 1 aliphatic heterocycles. The number of rotatable bonds is 5. The molecule has 0 atom stereocenters. The monoisotopic (exact) mass is 382 g/mol. The van der Waals surface area contributed by atoms with E-state index in [1.54, 1.807) is 24.1 Å². The van der Waals surface area contributed by atoms with Crippen LogP contribution in [-0.2, 0) is 16.0 Å². The number of amides is 2. The van der Waals surface area contributed by atoms with Crippen LogP contribution in [-0.4, -0.2) is 32.1 Å². The van der Waals surface area contributed by atoms with Crippen molar-refractivity contribution in [1.82, 2.24) is 0 Å². The van der Waals surface area contributed by atoms with E-state index in [9.17, 15) is 9.59 Å². The molecule has 0 aliphatic carbocycles. The summed E-state index contributed by atoms with van der Waals surface area (Å²) in [5.41, 5.74) is 1.66. The van der Waals surface area contributed by atoms with Crippen molar-refractivity contribution >= 4 is 23.2 Å². The van der Waals surface area contributed by atoms with Gasteiger partial charge in [0.15, 0.2) is 0 Å². The van der Waals surface area contributed by atoms with E-state index in [1.165, 1.54) is 0 Å². The topological polar surface area (TPSA) is 67.9 Å². The lowest BCUT2D eigenvalue weighted by Gasteiger charge is -2.26. The number of carbonyl (C=O) groups excluding carboxylic acids is 2. The average Bonchev–Trinajstić information content (AvgIpc) is 2.77. The van der Waals surface area contributed by atoms with Crippen molar-refractivity contribution < 1.29 is 19.1 Å². The van der Waals surface area contributed by atoms with E-state index in [1.807, 2.05) is 51.1 Å². The molecule has 148 valence electrons. The van der Waals surface area contributed by atoms with Gasteiger partial charge < -0.3 is 19.7 Å². The predicted molar refractivity (Wildman–Crippen MR) is 109 cm³/mol. The zero-order chi connectivity index (χ0) is 20.3. The quantitative estimate of drug-likeness (QED) is 0.857. The summed E-state index contributed by atoms with van der Waals surface area (Å²) in [6.45, 7) is 6.54. The van der Waals surface area contributed by atoms with Crippen LogP contribution in [0, 0.1) is 5.41 Å². The molecule has 0 aromatic heterocycles. The Bertz CT molecular complexity index is 875. The fraction of sp³-hybridized carbons (Fsp3) is 0.364. The molecule has 0 spiro atoms. The smallest absolute Gasteiger partial charge is 0.236 e. The molecule has 28 heavy (non-hydrogen) atoms. The molecule has 6 nitrogen and oxygen atoms in total. The van der Waals surface area contributed by atoms with Crippen LogP contribution >= 0.6 is 0 Å². The number of ether oxygens (including phenoxy) is 2. The number of carbonyl (C=O) groups is 2. The fourth-order valence-corrected chi connectivity index (χ4v) is 3.17. The predicted octanol–water partition coefficient (Wildman–Crippen LogP) is 3.65. The van der Waals surface area contributed by atoms with Gasteiger partial charge in [0.2, 0.25) is 11.8 Å². The molecule has 2 aromatic carbocycles. The number of fused-ring (bicyclic) bond motifs is 1. The van der Waals surface area contributed by atoms with Gasteiger partial charge in [-0.2, -0.15) is 0 Å². The lowest BCUT2D eigenvalue weighted by atomic mass is 9.93. The van der Waals surface area contributed by atoms with Crippen molar-refractivity contribution in [1.29, 1.82) is 0 Å². The fourth-order valence-electron chi connectivity index (χ4n) is 3.17. The summed E-state index contributed by atoms with van der Waals surface area (Å²) in [6.07, 6.45) is 0.258. The number of nitrogens with one attached hydrogen (secondary N) is 1. The van der Waals surface area contributed by atoms with Gasteiger partial charge in [0, 0.05) is 18.3 Å². The first-order chi connectivity index (χ1) is 13.3. The first kappa shape index (κ1) is 19.7. The average molecular weight is 382 g/mol. The molecular weight excluding hydrogens is 356 g/mol. The number of benzene rings is 2. The molecule has 0 saturated carbocycles. The summed E-state index contributed by atoms with van der Waals surface area (Å²) in [7, 11) is 1.61. The van der Waals surface area contributed by atoms with Crippen molar-refractivity contribution in [2.24, 2.45) is 5.41 Å². The molecule has 1 heterocycles. The Hall–Kier alpha value is -3.02. The summed E-state index contributed by atoms with van der Waals surface area (Å²) in [6, 6.07) is 12.8. The lowest BCUT2D eigenvalue weighted by molar-refractivity contribution is -0.127. The first-order valence-corrected chi connectivity index (χ1v) is 9.35. The Morgan fingerprint density at radius 1 is 1.21 bits per heavy atom. The zero-order valence-electron chi connectivity index (χ0n) is 16.7. The number of hydrogen-bond donors (Lipinski definition) is 1. The summed E-state index contributed by atoms with van der Waals surface area (Å²) >= 11 is 0. The molecule has 0 unspecified atom stereocenters. The van der Waals surface area contributed by atoms with Crippen LogP contribution in [0.4, 0.5) is 11.4 Å². The van der Waals surface area contributed by atoms with Crippen molar-refractivity contribution in [3.8, 4) is 11.5 Å². The van der Waals surface area contributed by atoms with Crippen molar-refractivity contribution in [3.05, 3.63) is 48.0 Å². The van der Waals surface area contributed by atoms with E-state index in [4.69, 9.17) is 9.47 Å². The van der Waals surface area contributed by atoms with Gasteiger partial charge in [-0.1, -0.05) is 12.1 Å². The lowest BCUT2D eigenvalue weighted by Crippen LogP contribution is -2.42. The molecule has 0 saturated heterocycles. The maximum absolute atomic E-state index is 12.7. The second-order valence-electron chi connectivity index (χ2n) is 7.48. The zero-order valence-corrected chi connectivity index (χ0v) is 16.7. The second-order valence-corrected chi connectivity index (χ2v) is 7.48. The minimum Gasteiger partial charge on any atom is -0.497 e. The van der Waals surface area contributed by atoms with Crippen LogP contribution in [0.3, 0.4) is 0 Å². The summed E-state index contributed by atoms with van der Waals surface area (Å²) in [4.78, 5) is 26.9. The third-order valence-electron chi connectivity index (χ3n) is 4.79. The van der Waals surface area contributed by atoms with Crippen LogP contribution in [0.1, 0.15) is 26.3 Å². The summed E-state index contributed by atoms with van der Waals surface area (Å²) in [5.74, 6) is 1.26. The molecule has 0 fully saturated rings. The third-order valence-corrected chi connectivity index (χ3v) is 4.79. The molecular formula is C22H26N2O4. The normalized spacial score (nSPS) is 15.3. The standard InChI is InChI=1S/C22H26N2O4/c1-5-24-18-11-8-16(13-19(18)28-14-22(2,3)21(24)26)23-20(25)12-15-6-9-17(27-4)10-7-15/h6-11,13H,5,12,14H2,1-4H3,(H,23,25). The highest BCUT2D eigenvalue weighted by Crippen LogP contribution is 2.38. The van der Waals surface area contributed by atoms with E-state index >= 15 is 0 Å². The SMILES string of the molecule is CCN1C(=O)C(C)(C)COc2cc(NC(=O)Cc3ccc(OC)cc3)ccc21. The first-order valence-electron chi connectivity index (χ1n) is 9.35. The van der Waals surface area contributed by atoms with Crippen LogP contribution in [0.5, 0.6) is 11.5 Å². The molecule has 2 aromatic rings. The van der Waals surface area contributed by atoms with Gasteiger partial charge in [0.25, 0.3) is 0 Å². The molecule has 6 heteroatoms. The number of anilines is 2. The van der Waals surface area contributed by atoms with Gasteiger partial charge in [-0.15, -0.1) is 0 Å². The maximum Gasteiger partial charge on any atom is 0.236 e. The molecule has 1 aliphatic rings. The van der Waals surface area contributed by atoms with Gasteiger partial charge in [0.1, 0.15) is 18.1 Å². The highest BCUT2D eigenvalue weighted by atomic mass is 16.5. The highest BCUT2D eigenvalue weighted by Gasteiger charge is 2.37. The third kappa shape index (κ3) is 4.11. The van der Waals surface area contributed by atoms with Crippen LogP contribution in [0.25, 0.3) is 0 Å². The number of hydrogen-bond acceptors (Lipinski definition) is 4.